The third kappa shape index (κ3) is 2.66. The first-order valence-electron chi connectivity index (χ1n) is 6.48. The SMILES string of the molecule is C=CCN(C)C(=O)N1CC(C(=O)O)Cc2ccccc21. The lowest BCUT2D eigenvalue weighted by Crippen LogP contribution is -2.47. The summed E-state index contributed by atoms with van der Waals surface area (Å²) in [6.07, 6.45) is 2.10. The average molecular weight is 274 g/mol. The summed E-state index contributed by atoms with van der Waals surface area (Å²) in [7, 11) is 1.68. The number of urea groups is 1. The number of para-hydroxylation sites is 1. The molecule has 5 heteroatoms. The molecule has 2 rings (SSSR count). The summed E-state index contributed by atoms with van der Waals surface area (Å²) in [6.45, 7) is 4.24. The molecule has 0 saturated carbocycles. The molecule has 1 aromatic rings. The van der Waals surface area contributed by atoms with Gasteiger partial charge < -0.3 is 10.0 Å². The van der Waals surface area contributed by atoms with Crippen molar-refractivity contribution in [3.8, 4) is 0 Å². The number of carbonyl (C=O) groups is 2. The smallest absolute Gasteiger partial charge is 0.324 e. The number of benzene rings is 1. The molecule has 106 valence electrons. The molecular weight excluding hydrogens is 256 g/mol. The molecule has 0 saturated heterocycles. The molecule has 5 nitrogen and oxygen atoms in total. The first-order chi connectivity index (χ1) is 9.54. The van der Waals surface area contributed by atoms with Gasteiger partial charge in [0.1, 0.15) is 0 Å². The summed E-state index contributed by atoms with van der Waals surface area (Å²) < 4.78 is 0. The van der Waals surface area contributed by atoms with E-state index in [0.29, 0.717) is 13.0 Å². The normalized spacial score (nSPS) is 17.2. The van der Waals surface area contributed by atoms with Crippen molar-refractivity contribution in [2.75, 3.05) is 25.0 Å². The number of carboxylic acids is 1. The van der Waals surface area contributed by atoms with Crippen molar-refractivity contribution >= 4 is 17.7 Å². The van der Waals surface area contributed by atoms with Gasteiger partial charge in [0.05, 0.1) is 5.92 Å². The van der Waals surface area contributed by atoms with Crippen LogP contribution in [0.25, 0.3) is 0 Å². The van der Waals surface area contributed by atoms with Crippen LogP contribution < -0.4 is 4.90 Å². The summed E-state index contributed by atoms with van der Waals surface area (Å²) in [4.78, 5) is 26.8. The summed E-state index contributed by atoms with van der Waals surface area (Å²) in [5, 5.41) is 9.24. The largest absolute Gasteiger partial charge is 0.481 e. The Bertz CT molecular complexity index is 542. The van der Waals surface area contributed by atoms with Crippen molar-refractivity contribution in [2.24, 2.45) is 5.92 Å². The molecule has 1 heterocycles. The van der Waals surface area contributed by atoms with Crippen molar-refractivity contribution in [3.63, 3.8) is 0 Å². The number of anilines is 1. The third-order valence-electron chi connectivity index (χ3n) is 3.46. The molecule has 0 radical (unpaired) electrons. The Kier molecular flexibility index (Phi) is 4.08. The Morgan fingerprint density at radius 1 is 1.50 bits per heavy atom. The molecule has 1 unspecified atom stereocenters. The molecule has 20 heavy (non-hydrogen) atoms. The molecule has 2 amide bonds. The molecular formula is C15H18N2O3. The van der Waals surface area contributed by atoms with Gasteiger partial charge in [-0.3, -0.25) is 9.69 Å². The van der Waals surface area contributed by atoms with E-state index in [9.17, 15) is 14.7 Å². The van der Waals surface area contributed by atoms with Crippen LogP contribution in [0, 0.1) is 5.92 Å². The summed E-state index contributed by atoms with van der Waals surface area (Å²) in [5.41, 5.74) is 1.69. The van der Waals surface area contributed by atoms with Crippen molar-refractivity contribution in [2.45, 2.75) is 6.42 Å². The fourth-order valence-corrected chi connectivity index (χ4v) is 2.42. The fraction of sp³-hybridized carbons (Fsp3) is 0.333. The molecule has 1 aromatic carbocycles. The van der Waals surface area contributed by atoms with Crippen LogP contribution in [0.3, 0.4) is 0 Å². The second-order valence-corrected chi connectivity index (χ2v) is 4.93. The van der Waals surface area contributed by atoms with Gasteiger partial charge in [0.2, 0.25) is 0 Å². The summed E-state index contributed by atoms with van der Waals surface area (Å²) in [6, 6.07) is 7.24. The topological polar surface area (TPSA) is 60.9 Å². The van der Waals surface area contributed by atoms with Crippen LogP contribution in [0.5, 0.6) is 0 Å². The van der Waals surface area contributed by atoms with Gasteiger partial charge in [-0.1, -0.05) is 24.3 Å². The second-order valence-electron chi connectivity index (χ2n) is 4.93. The van der Waals surface area contributed by atoms with E-state index in [-0.39, 0.29) is 12.6 Å². The highest BCUT2D eigenvalue weighted by atomic mass is 16.4. The minimum Gasteiger partial charge on any atom is -0.481 e. The highest BCUT2D eigenvalue weighted by molar-refractivity contribution is 5.94. The number of hydrogen-bond acceptors (Lipinski definition) is 2. The molecule has 0 aromatic heterocycles. The highest BCUT2D eigenvalue weighted by Gasteiger charge is 2.33. The molecule has 1 aliphatic rings. The minimum absolute atomic E-state index is 0.201. The number of nitrogens with zero attached hydrogens (tertiary/aromatic N) is 2. The van der Waals surface area contributed by atoms with Gasteiger partial charge >= 0.3 is 12.0 Å². The minimum atomic E-state index is -0.872. The van der Waals surface area contributed by atoms with E-state index in [2.05, 4.69) is 6.58 Å². The molecule has 0 fully saturated rings. The molecule has 0 aliphatic carbocycles. The van der Waals surface area contributed by atoms with Crippen LogP contribution in [0.15, 0.2) is 36.9 Å². The van der Waals surface area contributed by atoms with E-state index < -0.39 is 11.9 Å². The Balaban J connectivity index is 2.33. The van der Waals surface area contributed by atoms with Crippen molar-refractivity contribution in [1.29, 1.82) is 0 Å². The first kappa shape index (κ1) is 14.1. The molecule has 0 bridgehead atoms. The van der Waals surface area contributed by atoms with E-state index in [1.54, 1.807) is 18.0 Å². The maximum atomic E-state index is 12.4. The van der Waals surface area contributed by atoms with Gasteiger partial charge in [-0.15, -0.1) is 6.58 Å². The van der Waals surface area contributed by atoms with E-state index in [1.807, 2.05) is 24.3 Å². The monoisotopic (exact) mass is 274 g/mol. The average Bonchev–Trinajstić information content (AvgIpc) is 2.45. The molecule has 1 atom stereocenters. The van der Waals surface area contributed by atoms with Gasteiger partial charge in [-0.2, -0.15) is 0 Å². The number of hydrogen-bond donors (Lipinski definition) is 1. The van der Waals surface area contributed by atoms with E-state index in [0.717, 1.165) is 11.3 Å². The number of carboxylic acid groups (broad SMARTS) is 1. The maximum absolute atomic E-state index is 12.4. The van der Waals surface area contributed by atoms with Crippen LogP contribution in [0.1, 0.15) is 5.56 Å². The van der Waals surface area contributed by atoms with Crippen LogP contribution in [-0.4, -0.2) is 42.1 Å². The van der Waals surface area contributed by atoms with Gasteiger partial charge in [0, 0.05) is 25.8 Å². The molecule has 1 aliphatic heterocycles. The standard InChI is InChI=1S/C15H18N2O3/c1-3-8-16(2)15(20)17-10-12(14(18)19)9-11-6-4-5-7-13(11)17/h3-7,12H,1,8-10H2,2H3,(H,18,19). The number of aliphatic carboxylic acids is 1. The lowest BCUT2D eigenvalue weighted by atomic mass is 9.93. The zero-order chi connectivity index (χ0) is 14.7. The van der Waals surface area contributed by atoms with Gasteiger partial charge in [0.25, 0.3) is 0 Å². The summed E-state index contributed by atoms with van der Waals surface area (Å²) in [5.74, 6) is -1.44. The first-order valence-corrected chi connectivity index (χ1v) is 6.48. The third-order valence-corrected chi connectivity index (χ3v) is 3.46. The van der Waals surface area contributed by atoms with Gasteiger partial charge in [-0.05, 0) is 18.1 Å². The van der Waals surface area contributed by atoms with Crippen LogP contribution in [0.4, 0.5) is 10.5 Å². The van der Waals surface area contributed by atoms with Crippen molar-refractivity contribution < 1.29 is 14.7 Å². The Hall–Kier alpha value is -2.30. The molecule has 1 N–H and O–H groups in total. The zero-order valence-electron chi connectivity index (χ0n) is 11.5. The second kappa shape index (κ2) is 5.77. The number of fused-ring (bicyclic) bond motifs is 1. The van der Waals surface area contributed by atoms with Gasteiger partial charge in [-0.25, -0.2) is 4.79 Å². The maximum Gasteiger partial charge on any atom is 0.324 e. The van der Waals surface area contributed by atoms with E-state index >= 15 is 0 Å². The molecule has 0 spiro atoms. The predicted molar refractivity (Wildman–Crippen MR) is 76.8 cm³/mol. The number of carbonyl (C=O) groups excluding carboxylic acids is 1. The van der Waals surface area contributed by atoms with E-state index in [4.69, 9.17) is 0 Å². The Labute approximate surface area is 118 Å². The van der Waals surface area contributed by atoms with Crippen LogP contribution in [0.2, 0.25) is 0 Å². The highest BCUT2D eigenvalue weighted by Crippen LogP contribution is 2.30. The van der Waals surface area contributed by atoms with E-state index in [1.165, 1.54) is 4.90 Å². The predicted octanol–water partition coefficient (Wildman–Crippen LogP) is 1.99. The lowest BCUT2D eigenvalue weighted by Gasteiger charge is -2.35. The quantitative estimate of drug-likeness (QED) is 0.857. The van der Waals surface area contributed by atoms with Crippen LogP contribution in [-0.2, 0) is 11.2 Å². The van der Waals surface area contributed by atoms with Crippen molar-refractivity contribution in [3.05, 3.63) is 42.5 Å². The van der Waals surface area contributed by atoms with Gasteiger partial charge in [0.15, 0.2) is 0 Å². The Morgan fingerprint density at radius 2 is 2.20 bits per heavy atom. The Morgan fingerprint density at radius 3 is 2.85 bits per heavy atom. The fourth-order valence-electron chi connectivity index (χ4n) is 2.42. The number of rotatable bonds is 3. The number of amides is 2. The lowest BCUT2D eigenvalue weighted by molar-refractivity contribution is -0.141. The number of likely N-dealkylation sites (N-methyl/N-ethyl adjacent to an activating group) is 1. The van der Waals surface area contributed by atoms with Crippen molar-refractivity contribution in [1.82, 2.24) is 4.90 Å². The summed E-state index contributed by atoms with van der Waals surface area (Å²) >= 11 is 0. The zero-order valence-corrected chi connectivity index (χ0v) is 11.5. The van der Waals surface area contributed by atoms with Crippen LogP contribution >= 0.6 is 0 Å².